The Morgan fingerprint density at radius 2 is 1.79 bits per heavy atom. The maximum absolute atomic E-state index is 13.1. The molecule has 12 nitrogen and oxygen atoms in total. The Labute approximate surface area is 243 Å². The zero-order valence-corrected chi connectivity index (χ0v) is 24.0. The van der Waals surface area contributed by atoms with Crippen molar-refractivity contribution in [1.29, 1.82) is 0 Å². The van der Waals surface area contributed by atoms with Gasteiger partial charge in [-0.05, 0) is 37.6 Å². The molecular formula is C27H26F3N5O7S. The molecule has 3 N–H and O–H groups in total. The Bertz CT molecular complexity index is 1780. The summed E-state index contributed by atoms with van der Waals surface area (Å²) in [4.78, 5) is 23.6. The van der Waals surface area contributed by atoms with Crippen LogP contribution in [-0.4, -0.2) is 67.5 Å². The third-order valence-corrected chi connectivity index (χ3v) is 7.21. The number of anilines is 2. The van der Waals surface area contributed by atoms with Crippen LogP contribution in [0.2, 0.25) is 0 Å². The molecule has 4 aromatic rings. The van der Waals surface area contributed by atoms with E-state index in [2.05, 4.69) is 20.3 Å². The van der Waals surface area contributed by atoms with Crippen molar-refractivity contribution < 1.29 is 45.7 Å². The van der Waals surface area contributed by atoms with Gasteiger partial charge in [-0.25, -0.2) is 22.9 Å². The van der Waals surface area contributed by atoms with Crippen LogP contribution in [0.3, 0.4) is 0 Å². The van der Waals surface area contributed by atoms with Gasteiger partial charge in [-0.3, -0.25) is 4.98 Å². The van der Waals surface area contributed by atoms with Crippen molar-refractivity contribution in [1.82, 2.24) is 19.7 Å². The van der Waals surface area contributed by atoms with Crippen LogP contribution in [0, 0.1) is 0 Å². The Morgan fingerprint density at radius 1 is 1.05 bits per heavy atom. The number of carboxylic acid groups (broad SMARTS) is 1. The Kier molecular flexibility index (Phi) is 8.91. The van der Waals surface area contributed by atoms with Gasteiger partial charge in [0.05, 0.1) is 42.7 Å². The summed E-state index contributed by atoms with van der Waals surface area (Å²) in [5, 5.41) is 12.7. The number of halogens is 3. The summed E-state index contributed by atoms with van der Waals surface area (Å²) in [5.74, 6) is -0.927. The van der Waals surface area contributed by atoms with Gasteiger partial charge in [0.2, 0.25) is 15.9 Å². The third-order valence-electron chi connectivity index (χ3n) is 5.80. The van der Waals surface area contributed by atoms with Crippen LogP contribution in [-0.2, 0) is 10.0 Å². The van der Waals surface area contributed by atoms with Crippen LogP contribution in [0.15, 0.2) is 53.7 Å². The maximum Gasteiger partial charge on any atom is 0.402 e. The zero-order valence-electron chi connectivity index (χ0n) is 23.2. The fraction of sp³-hybridized carbons (Fsp3) is 0.259. The van der Waals surface area contributed by atoms with Crippen molar-refractivity contribution in [2.24, 2.45) is 0 Å². The molecule has 228 valence electrons. The SMILES string of the molecule is COc1ncc(-c2ccc3c(Nc4cc(OC(C)C)cc(C(=O)O)c4)c(S(=O)(=O)NCC(F)(F)F)cnc3c2)c(OC)n1. The summed E-state index contributed by atoms with van der Waals surface area (Å²) in [6.45, 7) is 1.65. The van der Waals surface area contributed by atoms with Gasteiger partial charge in [0, 0.05) is 29.5 Å². The number of methoxy groups -OCH3 is 2. The fourth-order valence-electron chi connectivity index (χ4n) is 4.01. The molecule has 2 aromatic heterocycles. The normalized spacial score (nSPS) is 11.9. The number of aromatic carboxylic acids is 1. The molecule has 0 spiro atoms. The van der Waals surface area contributed by atoms with Crippen molar-refractivity contribution in [3.05, 3.63) is 54.4 Å². The summed E-state index contributed by atoms with van der Waals surface area (Å²) in [5.41, 5.74) is 0.992. The van der Waals surface area contributed by atoms with Crippen LogP contribution >= 0.6 is 0 Å². The molecule has 4 rings (SSSR count). The van der Waals surface area contributed by atoms with Gasteiger partial charge in [-0.1, -0.05) is 12.1 Å². The lowest BCUT2D eigenvalue weighted by Gasteiger charge is -2.18. The van der Waals surface area contributed by atoms with Gasteiger partial charge in [0.25, 0.3) is 0 Å². The van der Waals surface area contributed by atoms with Crippen LogP contribution in [0.4, 0.5) is 24.5 Å². The molecule has 0 bridgehead atoms. The number of carboxylic acids is 1. The molecule has 0 unspecified atom stereocenters. The highest BCUT2D eigenvalue weighted by atomic mass is 32.2. The zero-order chi connectivity index (χ0) is 31.5. The van der Waals surface area contributed by atoms with E-state index in [1.165, 1.54) is 49.4 Å². The van der Waals surface area contributed by atoms with Gasteiger partial charge in [-0.2, -0.15) is 18.2 Å². The number of ether oxygens (including phenoxy) is 3. The first kappa shape index (κ1) is 31.2. The predicted molar refractivity (Wildman–Crippen MR) is 150 cm³/mol. The Morgan fingerprint density at radius 3 is 2.42 bits per heavy atom. The van der Waals surface area contributed by atoms with Crippen molar-refractivity contribution in [3.8, 4) is 28.8 Å². The van der Waals surface area contributed by atoms with E-state index in [0.29, 0.717) is 11.1 Å². The average Bonchev–Trinajstić information content (AvgIpc) is 2.94. The summed E-state index contributed by atoms with van der Waals surface area (Å²) in [6.07, 6.45) is -2.78. The van der Waals surface area contributed by atoms with Crippen LogP contribution < -0.4 is 24.2 Å². The number of sulfonamides is 1. The number of carbonyl (C=O) groups is 1. The highest BCUT2D eigenvalue weighted by Crippen LogP contribution is 2.37. The van der Waals surface area contributed by atoms with Gasteiger partial charge >= 0.3 is 18.2 Å². The Hall–Kier alpha value is -4.70. The minimum atomic E-state index is -4.82. The first-order valence-corrected chi connectivity index (χ1v) is 14.0. The van der Waals surface area contributed by atoms with Crippen LogP contribution in [0.25, 0.3) is 22.0 Å². The monoisotopic (exact) mass is 621 g/mol. The molecule has 2 aromatic carbocycles. The highest BCUT2D eigenvalue weighted by Gasteiger charge is 2.32. The van der Waals surface area contributed by atoms with E-state index in [9.17, 15) is 31.5 Å². The molecular weight excluding hydrogens is 595 g/mol. The van der Waals surface area contributed by atoms with E-state index >= 15 is 0 Å². The van der Waals surface area contributed by atoms with Crippen molar-refractivity contribution >= 4 is 38.3 Å². The number of hydrogen-bond acceptors (Lipinski definition) is 10. The van der Waals surface area contributed by atoms with E-state index in [1.54, 1.807) is 26.0 Å². The number of benzene rings is 2. The summed E-state index contributed by atoms with van der Waals surface area (Å²) in [6, 6.07) is 8.69. The lowest BCUT2D eigenvalue weighted by molar-refractivity contribution is -0.121. The minimum absolute atomic E-state index is 0.0663. The number of aromatic nitrogens is 3. The largest absolute Gasteiger partial charge is 0.491 e. The smallest absolute Gasteiger partial charge is 0.402 e. The molecule has 0 radical (unpaired) electrons. The number of rotatable bonds is 11. The van der Waals surface area contributed by atoms with Crippen molar-refractivity contribution in [2.75, 3.05) is 26.1 Å². The quantitative estimate of drug-likeness (QED) is 0.211. The van der Waals surface area contributed by atoms with Gasteiger partial charge < -0.3 is 24.6 Å². The lowest BCUT2D eigenvalue weighted by atomic mass is 10.0. The second-order valence-electron chi connectivity index (χ2n) is 9.29. The number of nitrogens with zero attached hydrogens (tertiary/aromatic N) is 3. The fourth-order valence-corrected chi connectivity index (χ4v) is 5.14. The number of nitrogens with one attached hydrogen (secondary N) is 2. The average molecular weight is 622 g/mol. The number of hydrogen-bond donors (Lipinski definition) is 3. The van der Waals surface area contributed by atoms with Crippen LogP contribution in [0.5, 0.6) is 17.6 Å². The summed E-state index contributed by atoms with van der Waals surface area (Å²) < 4.78 is 82.5. The van der Waals surface area contributed by atoms with E-state index in [-0.39, 0.29) is 51.6 Å². The van der Waals surface area contributed by atoms with Gasteiger partial charge in [-0.15, -0.1) is 0 Å². The second kappa shape index (κ2) is 12.3. The molecule has 43 heavy (non-hydrogen) atoms. The third kappa shape index (κ3) is 7.39. The first-order valence-electron chi connectivity index (χ1n) is 12.5. The number of alkyl halides is 3. The standard InChI is InChI=1S/C27H26F3N5O7S/c1-14(2)42-18-8-16(25(36)37)7-17(10-18)34-23-19-6-5-15(20-11-32-26(41-4)35-24(20)40-3)9-21(19)31-12-22(23)43(38,39)33-13-27(28,29)30/h5-12,14,33H,13H2,1-4H3,(H,31,34)(H,36,37). The first-order chi connectivity index (χ1) is 20.2. The minimum Gasteiger partial charge on any atom is -0.491 e. The Balaban J connectivity index is 1.91. The van der Waals surface area contributed by atoms with E-state index in [0.717, 1.165) is 6.20 Å². The molecule has 0 aliphatic heterocycles. The molecule has 0 atom stereocenters. The summed E-state index contributed by atoms with van der Waals surface area (Å²) in [7, 11) is -1.97. The molecule has 0 saturated heterocycles. The van der Waals surface area contributed by atoms with Gasteiger partial charge in [0.1, 0.15) is 17.2 Å². The highest BCUT2D eigenvalue weighted by molar-refractivity contribution is 7.89. The molecule has 0 aliphatic carbocycles. The topological polar surface area (TPSA) is 162 Å². The molecule has 2 heterocycles. The van der Waals surface area contributed by atoms with Crippen molar-refractivity contribution in [3.63, 3.8) is 0 Å². The summed E-state index contributed by atoms with van der Waals surface area (Å²) >= 11 is 0. The molecule has 0 aliphatic rings. The maximum atomic E-state index is 13.1. The van der Waals surface area contributed by atoms with Crippen molar-refractivity contribution in [2.45, 2.75) is 31.0 Å². The molecule has 0 amide bonds. The molecule has 16 heteroatoms. The predicted octanol–water partition coefficient (Wildman–Crippen LogP) is 4.78. The van der Waals surface area contributed by atoms with E-state index < -0.39 is 33.6 Å². The van der Waals surface area contributed by atoms with E-state index in [1.807, 2.05) is 0 Å². The number of fused-ring (bicyclic) bond motifs is 1. The number of pyridine rings is 1. The van der Waals surface area contributed by atoms with Crippen LogP contribution in [0.1, 0.15) is 24.2 Å². The molecule has 0 fully saturated rings. The van der Waals surface area contributed by atoms with Gasteiger partial charge in [0.15, 0.2) is 0 Å². The second-order valence-corrected chi connectivity index (χ2v) is 11.0. The lowest BCUT2D eigenvalue weighted by Crippen LogP contribution is -2.34. The molecule has 0 saturated carbocycles. The van der Waals surface area contributed by atoms with E-state index in [4.69, 9.17) is 14.2 Å².